The maximum Gasteiger partial charge on any atom is 0.254 e. The van der Waals surface area contributed by atoms with Crippen molar-refractivity contribution in [1.29, 1.82) is 0 Å². The molecule has 1 fully saturated rings. The number of aromatic nitrogens is 3. The van der Waals surface area contributed by atoms with Crippen LogP contribution in [0.5, 0.6) is 0 Å². The second kappa shape index (κ2) is 5.03. The van der Waals surface area contributed by atoms with Gasteiger partial charge < -0.3 is 4.90 Å². The second-order valence-corrected chi connectivity index (χ2v) is 5.01. The van der Waals surface area contributed by atoms with Gasteiger partial charge in [0, 0.05) is 18.7 Å². The molecule has 5 nitrogen and oxygen atoms in total. The quantitative estimate of drug-likeness (QED) is 0.839. The zero-order chi connectivity index (χ0) is 14.1. The number of amides is 1. The van der Waals surface area contributed by atoms with Gasteiger partial charge in [-0.25, -0.2) is 4.39 Å². The molecule has 1 aliphatic rings. The lowest BCUT2D eigenvalue weighted by Crippen LogP contribution is -2.29. The summed E-state index contributed by atoms with van der Waals surface area (Å²) in [6.45, 7) is 2.88. The summed E-state index contributed by atoms with van der Waals surface area (Å²) < 4.78 is 13.5. The average Bonchev–Trinajstić information content (AvgIpc) is 3.11. The van der Waals surface area contributed by atoms with E-state index in [-0.39, 0.29) is 17.8 Å². The van der Waals surface area contributed by atoms with Gasteiger partial charge >= 0.3 is 0 Å². The molecule has 1 saturated heterocycles. The summed E-state index contributed by atoms with van der Waals surface area (Å²) >= 11 is 0. The van der Waals surface area contributed by atoms with Crippen molar-refractivity contribution in [2.24, 2.45) is 0 Å². The van der Waals surface area contributed by atoms with Crippen molar-refractivity contribution in [3.05, 3.63) is 47.5 Å². The molecule has 1 aliphatic heterocycles. The first kappa shape index (κ1) is 12.8. The number of hydrogen-bond donors (Lipinski definition) is 0. The Balaban J connectivity index is 1.74. The molecule has 1 amide bonds. The van der Waals surface area contributed by atoms with Crippen LogP contribution >= 0.6 is 0 Å². The third-order valence-corrected chi connectivity index (χ3v) is 3.63. The van der Waals surface area contributed by atoms with Crippen LogP contribution in [0, 0.1) is 12.7 Å². The summed E-state index contributed by atoms with van der Waals surface area (Å²) in [7, 11) is 0. The Hall–Kier alpha value is -2.24. The van der Waals surface area contributed by atoms with E-state index in [9.17, 15) is 9.18 Å². The molecular weight excluding hydrogens is 259 g/mol. The lowest BCUT2D eigenvalue weighted by molar-refractivity contribution is 0.0785. The Bertz CT molecular complexity index is 626. The fourth-order valence-corrected chi connectivity index (χ4v) is 2.44. The molecule has 1 atom stereocenters. The van der Waals surface area contributed by atoms with E-state index in [1.165, 1.54) is 6.07 Å². The van der Waals surface area contributed by atoms with Crippen LogP contribution in [0.25, 0.3) is 0 Å². The summed E-state index contributed by atoms with van der Waals surface area (Å²) in [5.74, 6) is -0.487. The summed E-state index contributed by atoms with van der Waals surface area (Å²) in [5, 5.41) is 8.20. The molecule has 1 unspecified atom stereocenters. The highest BCUT2D eigenvalue weighted by Gasteiger charge is 2.29. The molecule has 0 saturated carbocycles. The van der Waals surface area contributed by atoms with E-state index >= 15 is 0 Å². The standard InChI is InChI=1S/C14H15FN4O/c1-10-2-3-11(8-13(10)15)14(20)18-7-4-12(9-18)19-16-5-6-17-19/h2-3,5-6,8,12H,4,7,9H2,1H3. The van der Waals surface area contributed by atoms with Crippen molar-refractivity contribution in [2.75, 3.05) is 13.1 Å². The normalized spacial score (nSPS) is 18.5. The summed E-state index contributed by atoms with van der Waals surface area (Å²) in [5.41, 5.74) is 0.934. The Morgan fingerprint density at radius 3 is 2.80 bits per heavy atom. The topological polar surface area (TPSA) is 51.0 Å². The lowest BCUT2D eigenvalue weighted by atomic mass is 10.1. The first-order valence-electron chi connectivity index (χ1n) is 6.56. The molecule has 6 heteroatoms. The third kappa shape index (κ3) is 2.29. The van der Waals surface area contributed by atoms with Gasteiger partial charge in [-0.15, -0.1) is 0 Å². The van der Waals surface area contributed by atoms with Gasteiger partial charge in [-0.1, -0.05) is 6.07 Å². The van der Waals surface area contributed by atoms with E-state index in [1.54, 1.807) is 41.1 Å². The molecule has 0 spiro atoms. The van der Waals surface area contributed by atoms with Crippen molar-refractivity contribution in [3.8, 4) is 0 Å². The predicted molar refractivity (Wildman–Crippen MR) is 70.7 cm³/mol. The maximum atomic E-state index is 13.5. The highest BCUT2D eigenvalue weighted by Crippen LogP contribution is 2.22. The van der Waals surface area contributed by atoms with Crippen molar-refractivity contribution in [2.45, 2.75) is 19.4 Å². The molecule has 1 aromatic carbocycles. The number of rotatable bonds is 2. The Kier molecular flexibility index (Phi) is 3.22. The minimum atomic E-state index is -0.347. The molecule has 0 bridgehead atoms. The van der Waals surface area contributed by atoms with Crippen LogP contribution < -0.4 is 0 Å². The monoisotopic (exact) mass is 274 g/mol. The molecule has 0 aliphatic carbocycles. The number of nitrogens with zero attached hydrogens (tertiary/aromatic N) is 4. The Morgan fingerprint density at radius 1 is 1.35 bits per heavy atom. The highest BCUT2D eigenvalue weighted by molar-refractivity contribution is 5.94. The first-order chi connectivity index (χ1) is 9.65. The summed E-state index contributed by atoms with van der Waals surface area (Å²) in [4.78, 5) is 15.7. The van der Waals surface area contributed by atoms with E-state index in [2.05, 4.69) is 10.2 Å². The lowest BCUT2D eigenvalue weighted by Gasteiger charge is -2.16. The van der Waals surface area contributed by atoms with E-state index in [1.807, 2.05) is 0 Å². The van der Waals surface area contributed by atoms with Gasteiger partial charge in [-0.3, -0.25) is 4.79 Å². The molecule has 2 aromatic rings. The third-order valence-electron chi connectivity index (χ3n) is 3.63. The van der Waals surface area contributed by atoms with E-state index in [0.29, 0.717) is 24.2 Å². The molecule has 2 heterocycles. The molecule has 0 N–H and O–H groups in total. The van der Waals surface area contributed by atoms with Crippen LogP contribution in [-0.4, -0.2) is 38.9 Å². The molecule has 3 rings (SSSR count). The fourth-order valence-electron chi connectivity index (χ4n) is 2.44. The summed E-state index contributed by atoms with van der Waals surface area (Å²) in [6, 6.07) is 4.70. The van der Waals surface area contributed by atoms with Gasteiger partial charge in [0.1, 0.15) is 5.82 Å². The number of benzene rings is 1. The molecule has 0 radical (unpaired) electrons. The fraction of sp³-hybridized carbons (Fsp3) is 0.357. The van der Waals surface area contributed by atoms with Gasteiger partial charge in [-0.2, -0.15) is 15.0 Å². The zero-order valence-electron chi connectivity index (χ0n) is 11.2. The van der Waals surface area contributed by atoms with E-state index in [0.717, 1.165) is 6.42 Å². The Morgan fingerprint density at radius 2 is 2.10 bits per heavy atom. The van der Waals surface area contributed by atoms with Crippen molar-refractivity contribution < 1.29 is 9.18 Å². The number of carbonyl (C=O) groups is 1. The van der Waals surface area contributed by atoms with E-state index in [4.69, 9.17) is 0 Å². The predicted octanol–water partition coefficient (Wildman–Crippen LogP) is 1.81. The Labute approximate surface area is 116 Å². The summed E-state index contributed by atoms with van der Waals surface area (Å²) in [6.07, 6.45) is 4.06. The average molecular weight is 274 g/mol. The van der Waals surface area contributed by atoms with Gasteiger partial charge in [0.15, 0.2) is 0 Å². The second-order valence-electron chi connectivity index (χ2n) is 5.01. The van der Waals surface area contributed by atoms with Crippen molar-refractivity contribution in [1.82, 2.24) is 19.9 Å². The van der Waals surface area contributed by atoms with Gasteiger partial charge in [0.25, 0.3) is 5.91 Å². The number of hydrogen-bond acceptors (Lipinski definition) is 3. The smallest absolute Gasteiger partial charge is 0.254 e. The van der Waals surface area contributed by atoms with Gasteiger partial charge in [0.2, 0.25) is 0 Å². The van der Waals surface area contributed by atoms with E-state index < -0.39 is 0 Å². The SMILES string of the molecule is Cc1ccc(C(=O)N2CCC(n3nccn3)C2)cc1F. The maximum absolute atomic E-state index is 13.5. The molecule has 1 aromatic heterocycles. The van der Waals surface area contributed by atoms with Gasteiger partial charge in [-0.05, 0) is 31.0 Å². The number of carbonyl (C=O) groups excluding carboxylic acids is 1. The van der Waals surface area contributed by atoms with Crippen LogP contribution in [0.1, 0.15) is 28.4 Å². The molecule has 104 valence electrons. The van der Waals surface area contributed by atoms with Crippen LogP contribution in [0.15, 0.2) is 30.6 Å². The largest absolute Gasteiger partial charge is 0.336 e. The number of likely N-dealkylation sites (tertiary alicyclic amines) is 1. The van der Waals surface area contributed by atoms with Crippen LogP contribution in [0.2, 0.25) is 0 Å². The highest BCUT2D eigenvalue weighted by atomic mass is 19.1. The van der Waals surface area contributed by atoms with Crippen LogP contribution in [0.4, 0.5) is 4.39 Å². The number of halogens is 1. The van der Waals surface area contributed by atoms with Crippen molar-refractivity contribution in [3.63, 3.8) is 0 Å². The minimum Gasteiger partial charge on any atom is -0.336 e. The number of aryl methyl sites for hydroxylation is 1. The van der Waals surface area contributed by atoms with Crippen LogP contribution in [-0.2, 0) is 0 Å². The molecule has 20 heavy (non-hydrogen) atoms. The first-order valence-corrected chi connectivity index (χ1v) is 6.56. The van der Waals surface area contributed by atoms with Gasteiger partial charge in [0.05, 0.1) is 18.4 Å². The zero-order valence-corrected chi connectivity index (χ0v) is 11.2. The molecular formula is C14H15FN4O. The van der Waals surface area contributed by atoms with Crippen LogP contribution in [0.3, 0.4) is 0 Å². The minimum absolute atomic E-state index is 0.101. The van der Waals surface area contributed by atoms with Crippen molar-refractivity contribution >= 4 is 5.91 Å².